The lowest BCUT2D eigenvalue weighted by Crippen LogP contribution is -2.58. The van der Waals surface area contributed by atoms with Gasteiger partial charge < -0.3 is 19.9 Å². The summed E-state index contributed by atoms with van der Waals surface area (Å²) >= 11 is 0. The number of amides is 3. The summed E-state index contributed by atoms with van der Waals surface area (Å²) < 4.78 is 19.4. The fraction of sp³-hybridized carbons (Fsp3) is 0.556. The number of ether oxygens (including phenoxy) is 1. The SMILES string of the molecule is CCCCC1C(=O)N(C)CCN1C(=O)Nc1ccc(OCC)cc1F. The van der Waals surface area contributed by atoms with Crippen LogP contribution in [0.1, 0.15) is 33.1 Å². The first-order valence-corrected chi connectivity index (χ1v) is 8.72. The zero-order valence-electron chi connectivity index (χ0n) is 15.0. The third kappa shape index (κ3) is 4.61. The molecule has 1 aromatic rings. The van der Waals surface area contributed by atoms with Gasteiger partial charge in [0.05, 0.1) is 12.3 Å². The average molecular weight is 351 g/mol. The Balaban J connectivity index is 2.11. The largest absolute Gasteiger partial charge is 0.494 e. The molecule has 0 saturated carbocycles. The van der Waals surface area contributed by atoms with Crippen LogP contribution < -0.4 is 10.1 Å². The van der Waals surface area contributed by atoms with E-state index >= 15 is 0 Å². The van der Waals surface area contributed by atoms with Gasteiger partial charge in [0.25, 0.3) is 0 Å². The number of hydrogen-bond donors (Lipinski definition) is 1. The van der Waals surface area contributed by atoms with E-state index in [0.29, 0.717) is 31.9 Å². The van der Waals surface area contributed by atoms with Gasteiger partial charge in [-0.05, 0) is 25.5 Å². The first-order chi connectivity index (χ1) is 12.0. The van der Waals surface area contributed by atoms with Gasteiger partial charge in [0.2, 0.25) is 5.91 Å². The minimum atomic E-state index is -0.565. The number of likely N-dealkylation sites (N-methyl/N-ethyl adjacent to an activating group) is 1. The maximum atomic E-state index is 14.2. The second-order valence-corrected chi connectivity index (χ2v) is 6.12. The Kier molecular flexibility index (Phi) is 6.61. The highest BCUT2D eigenvalue weighted by atomic mass is 19.1. The molecule has 1 aliphatic heterocycles. The molecule has 1 N–H and O–H groups in total. The number of carbonyl (C=O) groups excluding carboxylic acids is 2. The Morgan fingerprint density at radius 3 is 2.76 bits per heavy atom. The molecule has 1 heterocycles. The zero-order chi connectivity index (χ0) is 18.4. The number of anilines is 1. The average Bonchev–Trinajstić information content (AvgIpc) is 2.58. The van der Waals surface area contributed by atoms with E-state index in [2.05, 4.69) is 5.32 Å². The summed E-state index contributed by atoms with van der Waals surface area (Å²) in [5.41, 5.74) is 0.0778. The van der Waals surface area contributed by atoms with Crippen molar-refractivity contribution in [3.63, 3.8) is 0 Å². The molecule has 7 heteroatoms. The van der Waals surface area contributed by atoms with Crippen molar-refractivity contribution in [3.05, 3.63) is 24.0 Å². The van der Waals surface area contributed by atoms with E-state index in [1.54, 1.807) is 18.0 Å². The van der Waals surface area contributed by atoms with Crippen LogP contribution in [0.25, 0.3) is 0 Å². The summed E-state index contributed by atoms with van der Waals surface area (Å²) in [6.45, 7) is 5.19. The van der Waals surface area contributed by atoms with Crippen molar-refractivity contribution in [2.45, 2.75) is 39.2 Å². The summed E-state index contributed by atoms with van der Waals surface area (Å²) in [7, 11) is 1.74. The smallest absolute Gasteiger partial charge is 0.322 e. The van der Waals surface area contributed by atoms with Crippen LogP contribution >= 0.6 is 0 Å². The molecule has 0 aliphatic carbocycles. The molecule has 0 radical (unpaired) electrons. The second-order valence-electron chi connectivity index (χ2n) is 6.12. The van der Waals surface area contributed by atoms with Gasteiger partial charge >= 0.3 is 6.03 Å². The molecule has 0 aromatic heterocycles. The van der Waals surface area contributed by atoms with Crippen LogP contribution in [0.15, 0.2) is 18.2 Å². The Labute approximate surface area is 147 Å². The van der Waals surface area contributed by atoms with E-state index in [-0.39, 0.29) is 11.6 Å². The van der Waals surface area contributed by atoms with Crippen molar-refractivity contribution in [2.75, 3.05) is 32.1 Å². The van der Waals surface area contributed by atoms with E-state index in [4.69, 9.17) is 4.74 Å². The topological polar surface area (TPSA) is 61.9 Å². The van der Waals surface area contributed by atoms with Crippen LogP contribution in [0.2, 0.25) is 0 Å². The summed E-state index contributed by atoms with van der Waals surface area (Å²) in [6.07, 6.45) is 2.40. The number of rotatable bonds is 6. The third-order valence-electron chi connectivity index (χ3n) is 4.30. The van der Waals surface area contributed by atoms with Gasteiger partial charge in [0, 0.05) is 26.2 Å². The zero-order valence-corrected chi connectivity index (χ0v) is 15.0. The summed E-state index contributed by atoms with van der Waals surface area (Å²) in [4.78, 5) is 28.1. The standard InChI is InChI=1S/C18H26FN3O3/c1-4-6-7-16-17(23)21(3)10-11-22(16)18(24)20-15-9-8-13(25-5-2)12-14(15)19/h8-9,12,16H,4-7,10-11H2,1-3H3,(H,20,24). The fourth-order valence-electron chi connectivity index (χ4n) is 2.87. The molecular formula is C18H26FN3O3. The monoisotopic (exact) mass is 351 g/mol. The highest BCUT2D eigenvalue weighted by Crippen LogP contribution is 2.23. The molecule has 1 aromatic carbocycles. The lowest BCUT2D eigenvalue weighted by molar-refractivity contribution is -0.138. The molecule has 1 saturated heterocycles. The van der Waals surface area contributed by atoms with Gasteiger partial charge in [-0.25, -0.2) is 9.18 Å². The molecule has 0 spiro atoms. The van der Waals surface area contributed by atoms with Gasteiger partial charge in [0.1, 0.15) is 17.6 Å². The number of hydrogen-bond acceptors (Lipinski definition) is 3. The molecule has 138 valence electrons. The Morgan fingerprint density at radius 2 is 2.12 bits per heavy atom. The van der Waals surface area contributed by atoms with Crippen molar-refractivity contribution >= 4 is 17.6 Å². The van der Waals surface area contributed by atoms with E-state index < -0.39 is 17.9 Å². The van der Waals surface area contributed by atoms with E-state index in [1.807, 2.05) is 13.8 Å². The third-order valence-corrected chi connectivity index (χ3v) is 4.30. The number of halogens is 1. The Morgan fingerprint density at radius 1 is 1.36 bits per heavy atom. The number of carbonyl (C=O) groups is 2. The lowest BCUT2D eigenvalue weighted by atomic mass is 10.0. The minimum absolute atomic E-state index is 0.0676. The first-order valence-electron chi connectivity index (χ1n) is 8.72. The molecule has 6 nitrogen and oxygen atoms in total. The molecule has 25 heavy (non-hydrogen) atoms. The van der Waals surface area contributed by atoms with Crippen molar-refractivity contribution in [2.24, 2.45) is 0 Å². The van der Waals surface area contributed by atoms with Crippen LogP contribution in [-0.4, -0.2) is 54.5 Å². The van der Waals surface area contributed by atoms with Crippen molar-refractivity contribution < 1.29 is 18.7 Å². The lowest BCUT2D eigenvalue weighted by Gasteiger charge is -2.39. The minimum Gasteiger partial charge on any atom is -0.494 e. The van der Waals surface area contributed by atoms with Gasteiger partial charge in [0.15, 0.2) is 0 Å². The second kappa shape index (κ2) is 8.69. The van der Waals surface area contributed by atoms with Crippen LogP contribution in [-0.2, 0) is 4.79 Å². The molecule has 0 bridgehead atoms. The number of piperazine rings is 1. The van der Waals surface area contributed by atoms with Crippen molar-refractivity contribution in [3.8, 4) is 5.75 Å². The van der Waals surface area contributed by atoms with Gasteiger partial charge in [-0.3, -0.25) is 4.79 Å². The molecule has 1 atom stereocenters. The van der Waals surface area contributed by atoms with E-state index in [1.165, 1.54) is 17.0 Å². The van der Waals surface area contributed by atoms with E-state index in [9.17, 15) is 14.0 Å². The van der Waals surface area contributed by atoms with Gasteiger partial charge in [-0.1, -0.05) is 19.8 Å². The highest BCUT2D eigenvalue weighted by molar-refractivity contribution is 5.94. The number of nitrogens with zero attached hydrogens (tertiary/aromatic N) is 2. The maximum absolute atomic E-state index is 14.2. The van der Waals surface area contributed by atoms with Crippen LogP contribution in [0.3, 0.4) is 0 Å². The number of nitrogens with one attached hydrogen (secondary N) is 1. The van der Waals surface area contributed by atoms with Crippen LogP contribution in [0, 0.1) is 5.82 Å². The van der Waals surface area contributed by atoms with Gasteiger partial charge in [-0.15, -0.1) is 0 Å². The first kappa shape index (κ1) is 19.0. The predicted molar refractivity (Wildman–Crippen MR) is 94.2 cm³/mol. The number of unbranched alkanes of at least 4 members (excludes halogenated alkanes) is 1. The highest BCUT2D eigenvalue weighted by Gasteiger charge is 2.35. The quantitative estimate of drug-likeness (QED) is 0.857. The normalized spacial score (nSPS) is 17.6. The Hall–Kier alpha value is -2.31. The van der Waals surface area contributed by atoms with Gasteiger partial charge in [-0.2, -0.15) is 0 Å². The predicted octanol–water partition coefficient (Wildman–Crippen LogP) is 3.09. The summed E-state index contributed by atoms with van der Waals surface area (Å²) in [5.74, 6) is -0.222. The molecule has 2 rings (SSSR count). The van der Waals surface area contributed by atoms with Crippen LogP contribution in [0.4, 0.5) is 14.9 Å². The van der Waals surface area contributed by atoms with Crippen molar-refractivity contribution in [1.29, 1.82) is 0 Å². The molecular weight excluding hydrogens is 325 g/mol. The van der Waals surface area contributed by atoms with Crippen LogP contribution in [0.5, 0.6) is 5.75 Å². The number of benzene rings is 1. The number of urea groups is 1. The molecule has 3 amide bonds. The molecule has 1 unspecified atom stereocenters. The summed E-state index contributed by atoms with van der Waals surface area (Å²) in [6, 6.07) is 3.36. The molecule has 1 aliphatic rings. The Bertz CT molecular complexity index is 624. The molecule has 1 fully saturated rings. The summed E-state index contributed by atoms with van der Waals surface area (Å²) in [5, 5.41) is 2.58. The van der Waals surface area contributed by atoms with Crippen molar-refractivity contribution in [1.82, 2.24) is 9.80 Å². The fourth-order valence-corrected chi connectivity index (χ4v) is 2.87. The maximum Gasteiger partial charge on any atom is 0.322 e. The van der Waals surface area contributed by atoms with E-state index in [0.717, 1.165) is 12.8 Å².